The van der Waals surface area contributed by atoms with Gasteiger partial charge in [-0.1, -0.05) is 36.2 Å². The minimum absolute atomic E-state index is 0.844. The molecule has 0 radical (unpaired) electrons. The normalized spacial score (nSPS) is 10.9. The van der Waals surface area contributed by atoms with E-state index < -0.39 is 0 Å². The maximum atomic E-state index is 4.59. The lowest BCUT2D eigenvalue weighted by atomic mass is 10.1. The molecule has 0 atom stereocenters. The van der Waals surface area contributed by atoms with E-state index in [1.807, 2.05) is 4.68 Å². The van der Waals surface area contributed by atoms with Crippen molar-refractivity contribution in [3.8, 4) is 0 Å². The van der Waals surface area contributed by atoms with E-state index in [2.05, 4.69) is 61.6 Å². The second-order valence-corrected chi connectivity index (χ2v) is 5.18. The van der Waals surface area contributed by atoms with Gasteiger partial charge in [-0.2, -0.15) is 5.10 Å². The second kappa shape index (κ2) is 6.53. The van der Waals surface area contributed by atoms with Gasteiger partial charge in [-0.05, 0) is 38.4 Å². The Labute approximate surface area is 115 Å². The highest BCUT2D eigenvalue weighted by Gasteiger charge is 2.01. The second-order valence-electron chi connectivity index (χ2n) is 5.18. The molecule has 3 heteroatoms. The van der Waals surface area contributed by atoms with Crippen molar-refractivity contribution in [3.63, 3.8) is 0 Å². The Morgan fingerprint density at radius 3 is 2.58 bits per heavy atom. The monoisotopic (exact) mass is 257 g/mol. The minimum Gasteiger partial charge on any atom is -0.311 e. The number of hydrogen-bond donors (Lipinski definition) is 1. The topological polar surface area (TPSA) is 29.9 Å². The maximum absolute atomic E-state index is 4.59. The van der Waals surface area contributed by atoms with Gasteiger partial charge in [-0.25, -0.2) is 0 Å². The van der Waals surface area contributed by atoms with Crippen LogP contribution in [-0.2, 0) is 13.1 Å². The summed E-state index contributed by atoms with van der Waals surface area (Å²) in [4.78, 5) is 0. The van der Waals surface area contributed by atoms with Crippen LogP contribution >= 0.6 is 0 Å². The predicted molar refractivity (Wildman–Crippen MR) is 79.2 cm³/mol. The van der Waals surface area contributed by atoms with E-state index in [-0.39, 0.29) is 0 Å². The highest BCUT2D eigenvalue weighted by molar-refractivity contribution is 5.28. The van der Waals surface area contributed by atoms with Gasteiger partial charge in [-0.3, -0.25) is 4.68 Å². The smallest absolute Gasteiger partial charge is 0.0762 e. The maximum Gasteiger partial charge on any atom is 0.0762 e. The van der Waals surface area contributed by atoms with Crippen molar-refractivity contribution in [2.75, 3.05) is 6.54 Å². The number of rotatable bonds is 6. The molecule has 1 aromatic carbocycles. The molecule has 2 aromatic rings. The Morgan fingerprint density at radius 2 is 1.89 bits per heavy atom. The van der Waals surface area contributed by atoms with Crippen molar-refractivity contribution in [1.29, 1.82) is 0 Å². The summed E-state index contributed by atoms with van der Waals surface area (Å²) in [7, 11) is 0. The molecule has 1 aromatic heterocycles. The number of nitrogens with zero attached hydrogens (tertiary/aromatic N) is 2. The first-order valence-electron chi connectivity index (χ1n) is 6.97. The van der Waals surface area contributed by atoms with Crippen LogP contribution in [0.1, 0.15) is 35.7 Å². The molecule has 0 saturated heterocycles. The molecular formula is C16H23N3. The SMILES string of the molecule is CCCNCc1ccn(Cc2cc(C)cc(C)c2)n1. The molecule has 0 aliphatic rings. The van der Waals surface area contributed by atoms with Crippen LogP contribution in [0.15, 0.2) is 30.5 Å². The molecule has 0 fully saturated rings. The van der Waals surface area contributed by atoms with Crippen LogP contribution in [0.25, 0.3) is 0 Å². The Kier molecular flexibility index (Phi) is 4.74. The third kappa shape index (κ3) is 4.21. The van der Waals surface area contributed by atoms with E-state index >= 15 is 0 Å². The molecule has 0 aliphatic carbocycles. The Hall–Kier alpha value is -1.61. The van der Waals surface area contributed by atoms with Gasteiger partial charge in [-0.15, -0.1) is 0 Å². The first-order valence-corrected chi connectivity index (χ1v) is 6.97. The van der Waals surface area contributed by atoms with Crippen LogP contribution in [0, 0.1) is 13.8 Å². The standard InChI is InChI=1S/C16H23N3/c1-4-6-17-11-16-5-7-19(18-16)12-15-9-13(2)8-14(3)10-15/h5,7-10,17H,4,6,11-12H2,1-3H3. The fourth-order valence-corrected chi connectivity index (χ4v) is 2.33. The van der Waals surface area contributed by atoms with E-state index in [4.69, 9.17) is 0 Å². The summed E-state index contributed by atoms with van der Waals surface area (Å²) < 4.78 is 2.01. The molecule has 0 bridgehead atoms. The largest absolute Gasteiger partial charge is 0.311 e. The fraction of sp³-hybridized carbons (Fsp3) is 0.438. The molecule has 0 saturated carbocycles. The third-order valence-corrected chi connectivity index (χ3v) is 3.05. The summed E-state index contributed by atoms with van der Waals surface area (Å²) >= 11 is 0. The van der Waals surface area contributed by atoms with Crippen LogP contribution in [0.3, 0.4) is 0 Å². The van der Waals surface area contributed by atoms with Gasteiger partial charge >= 0.3 is 0 Å². The summed E-state index contributed by atoms with van der Waals surface area (Å²) in [6, 6.07) is 8.74. The Bertz CT molecular complexity index is 508. The van der Waals surface area contributed by atoms with Gasteiger partial charge in [0.1, 0.15) is 0 Å². The molecule has 0 unspecified atom stereocenters. The Morgan fingerprint density at radius 1 is 1.16 bits per heavy atom. The van der Waals surface area contributed by atoms with Gasteiger partial charge in [0.2, 0.25) is 0 Å². The van der Waals surface area contributed by atoms with Crippen LogP contribution in [0.5, 0.6) is 0 Å². The van der Waals surface area contributed by atoms with Gasteiger partial charge in [0.15, 0.2) is 0 Å². The first kappa shape index (κ1) is 13.8. The van der Waals surface area contributed by atoms with Crippen LogP contribution in [0.2, 0.25) is 0 Å². The van der Waals surface area contributed by atoms with E-state index in [9.17, 15) is 0 Å². The number of nitrogens with one attached hydrogen (secondary N) is 1. The van der Waals surface area contributed by atoms with Crippen molar-refractivity contribution in [1.82, 2.24) is 15.1 Å². The summed E-state index contributed by atoms with van der Waals surface area (Å²) in [6.07, 6.45) is 3.21. The van der Waals surface area contributed by atoms with Gasteiger partial charge in [0.25, 0.3) is 0 Å². The first-order chi connectivity index (χ1) is 9.17. The Balaban J connectivity index is 1.99. The predicted octanol–water partition coefficient (Wildman–Crippen LogP) is 3.05. The van der Waals surface area contributed by atoms with Crippen molar-refractivity contribution in [2.45, 2.75) is 40.3 Å². The number of aryl methyl sites for hydroxylation is 2. The molecule has 1 N–H and O–H groups in total. The molecule has 1 heterocycles. The average Bonchev–Trinajstić information content (AvgIpc) is 2.76. The zero-order valence-corrected chi connectivity index (χ0v) is 12.1. The molecular weight excluding hydrogens is 234 g/mol. The zero-order chi connectivity index (χ0) is 13.7. The highest BCUT2D eigenvalue weighted by atomic mass is 15.3. The third-order valence-electron chi connectivity index (χ3n) is 3.05. The highest BCUT2D eigenvalue weighted by Crippen LogP contribution is 2.10. The van der Waals surface area contributed by atoms with E-state index in [1.165, 1.54) is 16.7 Å². The van der Waals surface area contributed by atoms with E-state index in [0.29, 0.717) is 0 Å². The van der Waals surface area contributed by atoms with Gasteiger partial charge < -0.3 is 5.32 Å². The summed E-state index contributed by atoms with van der Waals surface area (Å²) in [5.41, 5.74) is 5.05. The summed E-state index contributed by atoms with van der Waals surface area (Å²) in [5.74, 6) is 0. The fourth-order valence-electron chi connectivity index (χ4n) is 2.33. The molecule has 0 spiro atoms. The molecule has 19 heavy (non-hydrogen) atoms. The van der Waals surface area contributed by atoms with Crippen molar-refractivity contribution in [3.05, 3.63) is 52.8 Å². The van der Waals surface area contributed by atoms with Crippen LogP contribution in [0.4, 0.5) is 0 Å². The molecule has 0 aliphatic heterocycles. The van der Waals surface area contributed by atoms with E-state index in [1.54, 1.807) is 0 Å². The molecule has 102 valence electrons. The molecule has 0 amide bonds. The quantitative estimate of drug-likeness (QED) is 0.806. The summed E-state index contributed by atoms with van der Waals surface area (Å²) in [5, 5.41) is 7.96. The minimum atomic E-state index is 0.844. The lowest BCUT2D eigenvalue weighted by molar-refractivity contribution is 0.628. The number of hydrogen-bond acceptors (Lipinski definition) is 2. The summed E-state index contributed by atoms with van der Waals surface area (Å²) in [6.45, 7) is 9.19. The lowest BCUT2D eigenvalue weighted by Gasteiger charge is -2.05. The number of benzene rings is 1. The lowest BCUT2D eigenvalue weighted by Crippen LogP contribution is -2.14. The van der Waals surface area contributed by atoms with Gasteiger partial charge in [0, 0.05) is 12.7 Å². The molecule has 3 nitrogen and oxygen atoms in total. The van der Waals surface area contributed by atoms with Crippen LogP contribution in [-0.4, -0.2) is 16.3 Å². The van der Waals surface area contributed by atoms with Crippen molar-refractivity contribution in [2.24, 2.45) is 0 Å². The van der Waals surface area contributed by atoms with Crippen molar-refractivity contribution < 1.29 is 0 Å². The van der Waals surface area contributed by atoms with Gasteiger partial charge in [0.05, 0.1) is 12.2 Å². The molecule has 2 rings (SSSR count). The zero-order valence-electron chi connectivity index (χ0n) is 12.1. The van der Waals surface area contributed by atoms with Crippen molar-refractivity contribution >= 4 is 0 Å². The van der Waals surface area contributed by atoms with Crippen LogP contribution < -0.4 is 5.32 Å². The average molecular weight is 257 g/mol. The number of aromatic nitrogens is 2. The van der Waals surface area contributed by atoms with E-state index in [0.717, 1.165) is 31.7 Å².